The molecule has 0 aromatic carbocycles. The Labute approximate surface area is 209 Å². The van der Waals surface area contributed by atoms with E-state index in [2.05, 4.69) is 18.7 Å². The fourth-order valence-corrected chi connectivity index (χ4v) is 6.98. The molecule has 2 N–H and O–H groups in total. The third-order valence-corrected chi connectivity index (χ3v) is 8.77. The van der Waals surface area contributed by atoms with Gasteiger partial charge in [-0.05, 0) is 37.4 Å². The molecule has 0 bridgehead atoms. The lowest BCUT2D eigenvalue weighted by molar-refractivity contribution is -0.873. The summed E-state index contributed by atoms with van der Waals surface area (Å²) in [5.41, 5.74) is 0. The van der Waals surface area contributed by atoms with Crippen molar-refractivity contribution < 1.29 is 23.4 Å². The number of likely N-dealkylation sites (N-methyl/N-ethyl adjacent to an activating group) is 1. The highest BCUT2D eigenvalue weighted by molar-refractivity contribution is 7.99. The van der Waals surface area contributed by atoms with E-state index in [1.807, 2.05) is 21.1 Å². The molecule has 0 aromatic heterocycles. The van der Waals surface area contributed by atoms with Gasteiger partial charge in [0.25, 0.3) is 0 Å². The van der Waals surface area contributed by atoms with Crippen LogP contribution in [0.1, 0.15) is 116 Å². The maximum atomic E-state index is 11.5. The number of thioether (sulfide) groups is 1. The second-order valence-electron chi connectivity index (χ2n) is 11.3. The number of unbranched alkanes of at least 4 members (excludes halogenated alkanes) is 13. The maximum absolute atomic E-state index is 11.5. The topological polar surface area (TPSA) is 66.8 Å². The highest BCUT2D eigenvalue weighted by atomic mass is 32.2. The van der Waals surface area contributed by atoms with Crippen LogP contribution < -0.4 is 0 Å². The summed E-state index contributed by atoms with van der Waals surface area (Å²) in [6.07, 6.45) is 22.4. The van der Waals surface area contributed by atoms with Crippen molar-refractivity contribution in [3.8, 4) is 0 Å². The van der Waals surface area contributed by atoms with Gasteiger partial charge in [-0.2, -0.15) is 11.8 Å². The maximum Gasteiger partial charge on any atom is 0.470 e. The van der Waals surface area contributed by atoms with Crippen molar-refractivity contribution in [2.45, 2.75) is 127 Å². The molecule has 0 radical (unpaired) electrons. The Hall–Kier alpha value is 0.420. The molecule has 0 aromatic rings. The van der Waals surface area contributed by atoms with Gasteiger partial charge in [0.2, 0.25) is 0 Å². The zero-order valence-corrected chi connectivity index (χ0v) is 23.9. The van der Waals surface area contributed by atoms with Gasteiger partial charge < -0.3 is 14.3 Å². The average molecular weight is 509 g/mol. The van der Waals surface area contributed by atoms with Gasteiger partial charge in [-0.3, -0.25) is 4.52 Å². The summed E-state index contributed by atoms with van der Waals surface area (Å²) in [5.74, 6) is 1.47. The summed E-state index contributed by atoms with van der Waals surface area (Å²) < 4.78 is 17.3. The predicted octanol–water partition coefficient (Wildman–Crippen LogP) is 7.55. The molecule has 7 heteroatoms. The summed E-state index contributed by atoms with van der Waals surface area (Å²) in [6, 6.07) is 0. The average Bonchev–Trinajstić information content (AvgIpc) is 3.17. The van der Waals surface area contributed by atoms with Gasteiger partial charge >= 0.3 is 7.82 Å². The van der Waals surface area contributed by atoms with Crippen molar-refractivity contribution in [1.29, 1.82) is 0 Å². The monoisotopic (exact) mass is 508 g/mol. The molecule has 0 saturated heterocycles. The number of phosphoric ester groups is 1. The van der Waals surface area contributed by atoms with Crippen LogP contribution in [0.25, 0.3) is 0 Å². The van der Waals surface area contributed by atoms with E-state index in [1.54, 1.807) is 0 Å². The molecule has 0 heterocycles. The third-order valence-electron chi connectivity index (χ3n) is 6.80. The first-order chi connectivity index (χ1) is 15.6. The first kappa shape index (κ1) is 31.4. The Bertz CT molecular complexity index is 523. The molecule has 33 heavy (non-hydrogen) atoms. The SMILES string of the molecule is CCCCCCCCCCCCCCCCSC1CCC(C(C[N+](C)(C)C)OP(=O)(O)O)C1. The van der Waals surface area contributed by atoms with E-state index in [0.717, 1.165) is 19.3 Å². The number of hydrogen-bond donors (Lipinski definition) is 2. The molecule has 1 aliphatic carbocycles. The van der Waals surface area contributed by atoms with Crippen LogP contribution in [0, 0.1) is 5.92 Å². The Balaban J connectivity index is 2.03. The smallest absolute Gasteiger partial charge is 0.329 e. The number of nitrogens with zero attached hydrogens (tertiary/aromatic N) is 1. The van der Waals surface area contributed by atoms with Crippen molar-refractivity contribution in [2.24, 2.45) is 5.92 Å². The van der Waals surface area contributed by atoms with Crippen LogP contribution in [-0.4, -0.2) is 59.1 Å². The molecule has 1 rings (SSSR count). The Morgan fingerprint density at radius 2 is 1.33 bits per heavy atom. The van der Waals surface area contributed by atoms with Gasteiger partial charge in [-0.25, -0.2) is 4.57 Å². The van der Waals surface area contributed by atoms with E-state index in [0.29, 0.717) is 16.3 Å². The minimum Gasteiger partial charge on any atom is -0.329 e. The molecule has 1 saturated carbocycles. The zero-order valence-electron chi connectivity index (χ0n) is 22.2. The summed E-state index contributed by atoms with van der Waals surface area (Å²) in [7, 11) is 1.69. The van der Waals surface area contributed by atoms with Crippen molar-refractivity contribution in [2.75, 3.05) is 33.4 Å². The fraction of sp³-hybridized carbons (Fsp3) is 1.00. The van der Waals surface area contributed by atoms with Gasteiger partial charge in [-0.1, -0.05) is 90.4 Å². The molecule has 5 nitrogen and oxygen atoms in total. The van der Waals surface area contributed by atoms with E-state index >= 15 is 0 Å². The van der Waals surface area contributed by atoms with E-state index in [-0.39, 0.29) is 12.0 Å². The molecular formula is C26H55NO4PS+. The summed E-state index contributed by atoms with van der Waals surface area (Å²) in [5, 5.41) is 0.618. The van der Waals surface area contributed by atoms with Gasteiger partial charge in [0.05, 0.1) is 21.1 Å². The van der Waals surface area contributed by atoms with E-state index in [1.165, 1.54) is 95.6 Å². The second-order valence-corrected chi connectivity index (χ2v) is 13.9. The van der Waals surface area contributed by atoms with Crippen LogP contribution in [0.5, 0.6) is 0 Å². The van der Waals surface area contributed by atoms with Crippen molar-refractivity contribution in [3.05, 3.63) is 0 Å². The molecule has 0 aliphatic heterocycles. The Morgan fingerprint density at radius 1 is 0.848 bits per heavy atom. The highest BCUT2D eigenvalue weighted by Crippen LogP contribution is 2.44. The lowest BCUT2D eigenvalue weighted by Crippen LogP contribution is -2.44. The number of quaternary nitrogens is 1. The lowest BCUT2D eigenvalue weighted by Gasteiger charge is -2.32. The van der Waals surface area contributed by atoms with Crippen molar-refractivity contribution in [3.63, 3.8) is 0 Å². The van der Waals surface area contributed by atoms with Gasteiger partial charge in [-0.15, -0.1) is 0 Å². The first-order valence-corrected chi connectivity index (χ1v) is 16.3. The lowest BCUT2D eigenvalue weighted by atomic mass is 10.0. The summed E-state index contributed by atoms with van der Waals surface area (Å²) in [4.78, 5) is 18.7. The molecule has 1 aliphatic rings. The minimum absolute atomic E-state index is 0.254. The quantitative estimate of drug-likeness (QED) is 0.0951. The molecule has 3 unspecified atom stereocenters. The molecular weight excluding hydrogens is 453 g/mol. The van der Waals surface area contributed by atoms with Crippen LogP contribution in [0.2, 0.25) is 0 Å². The normalized spacial score (nSPS) is 20.4. The summed E-state index contributed by atoms with van der Waals surface area (Å²) >= 11 is 2.07. The minimum atomic E-state index is -4.45. The molecule has 0 amide bonds. The standard InChI is InChI=1S/C26H54NO4PS/c1-5-6-7-8-9-10-11-12-13-14-15-16-17-18-21-33-25-20-19-24(22-25)26(23-27(2,3)4)31-32(28,29)30/h24-26H,5-23H2,1-4H3,(H-,28,29,30)/p+1. The second kappa shape index (κ2) is 17.8. The summed E-state index contributed by atoms with van der Waals surface area (Å²) in [6.45, 7) is 2.91. The molecule has 0 spiro atoms. The van der Waals surface area contributed by atoms with Crippen LogP contribution in [-0.2, 0) is 9.09 Å². The number of phosphoric acid groups is 1. The van der Waals surface area contributed by atoms with Crippen molar-refractivity contribution in [1.82, 2.24) is 0 Å². The Morgan fingerprint density at radius 3 is 1.79 bits per heavy atom. The van der Waals surface area contributed by atoms with Gasteiger partial charge in [0.15, 0.2) is 0 Å². The predicted molar refractivity (Wildman–Crippen MR) is 144 cm³/mol. The van der Waals surface area contributed by atoms with Crippen LogP contribution >= 0.6 is 19.6 Å². The van der Waals surface area contributed by atoms with Crippen molar-refractivity contribution >= 4 is 19.6 Å². The van der Waals surface area contributed by atoms with Crippen LogP contribution in [0.3, 0.4) is 0 Å². The molecule has 3 atom stereocenters. The Kier molecular flexibility index (Phi) is 17.0. The molecule has 198 valence electrons. The van der Waals surface area contributed by atoms with Crippen LogP contribution in [0.4, 0.5) is 0 Å². The molecule has 1 fully saturated rings. The first-order valence-electron chi connectivity index (χ1n) is 13.8. The van der Waals surface area contributed by atoms with E-state index in [4.69, 9.17) is 4.52 Å². The van der Waals surface area contributed by atoms with Gasteiger partial charge in [0, 0.05) is 5.25 Å². The number of rotatable bonds is 21. The zero-order chi connectivity index (χ0) is 24.6. The fourth-order valence-electron chi connectivity index (χ4n) is 4.99. The largest absolute Gasteiger partial charge is 0.470 e. The third kappa shape index (κ3) is 18.4. The van der Waals surface area contributed by atoms with E-state index < -0.39 is 7.82 Å². The number of hydrogen-bond acceptors (Lipinski definition) is 3. The van der Waals surface area contributed by atoms with Gasteiger partial charge in [0.1, 0.15) is 12.6 Å². The van der Waals surface area contributed by atoms with E-state index in [9.17, 15) is 14.4 Å². The van der Waals surface area contributed by atoms with Crippen LogP contribution in [0.15, 0.2) is 0 Å². The highest BCUT2D eigenvalue weighted by Gasteiger charge is 2.38.